The predicted molar refractivity (Wildman–Crippen MR) is 95.0 cm³/mol. The Kier molecular flexibility index (Phi) is 4.47. The number of likely N-dealkylation sites (N-methyl/N-ethyl adjacent to an activating group) is 1. The van der Waals surface area contributed by atoms with Crippen LogP contribution >= 0.6 is 35.8 Å². The molecule has 1 aromatic heterocycles. The van der Waals surface area contributed by atoms with Crippen LogP contribution in [0.3, 0.4) is 0 Å². The zero-order valence-corrected chi connectivity index (χ0v) is 14.6. The van der Waals surface area contributed by atoms with E-state index in [4.69, 9.17) is 11.6 Å². The fourth-order valence-corrected chi connectivity index (χ4v) is 4.79. The summed E-state index contributed by atoms with van der Waals surface area (Å²) in [6, 6.07) is 4.36. The molecule has 0 aliphatic carbocycles. The fraction of sp³-hybridized carbons (Fsp3) is 0.500. The van der Waals surface area contributed by atoms with Gasteiger partial charge in [0.2, 0.25) is 0 Å². The summed E-state index contributed by atoms with van der Waals surface area (Å²) < 4.78 is 2.60. The third kappa shape index (κ3) is 2.59. The lowest BCUT2D eigenvalue weighted by molar-refractivity contribution is 0.309. The summed E-state index contributed by atoms with van der Waals surface area (Å²) in [4.78, 5) is 2.42. The first-order valence-electron chi connectivity index (χ1n) is 7.32. The lowest BCUT2D eigenvalue weighted by Gasteiger charge is -2.24. The Balaban J connectivity index is 0.00000132. The normalized spacial score (nSPS) is 18.8. The second-order valence-corrected chi connectivity index (χ2v) is 7.47. The molecule has 2 aliphatic rings. The van der Waals surface area contributed by atoms with Crippen molar-refractivity contribution in [2.75, 3.05) is 19.3 Å². The molecular weight excluding hydrogens is 323 g/mol. The minimum atomic E-state index is 0. The van der Waals surface area contributed by atoms with Gasteiger partial charge in [0.15, 0.2) is 0 Å². The van der Waals surface area contributed by atoms with Crippen molar-refractivity contribution in [1.29, 1.82) is 0 Å². The van der Waals surface area contributed by atoms with E-state index in [1.54, 1.807) is 5.69 Å². The van der Waals surface area contributed by atoms with E-state index in [-0.39, 0.29) is 12.4 Å². The highest BCUT2D eigenvalue weighted by atomic mass is 35.5. The molecule has 1 aromatic carbocycles. The topological polar surface area (TPSA) is 8.17 Å². The second kappa shape index (κ2) is 6.04. The molecule has 4 rings (SSSR count). The van der Waals surface area contributed by atoms with Crippen LogP contribution in [-0.4, -0.2) is 28.8 Å². The van der Waals surface area contributed by atoms with Gasteiger partial charge < -0.3 is 9.47 Å². The van der Waals surface area contributed by atoms with Crippen LogP contribution in [-0.2, 0) is 25.3 Å². The van der Waals surface area contributed by atoms with E-state index in [2.05, 4.69) is 28.6 Å². The maximum absolute atomic E-state index is 6.38. The molecule has 114 valence electrons. The number of hydrogen-bond donors (Lipinski definition) is 0. The van der Waals surface area contributed by atoms with Gasteiger partial charge in [-0.25, -0.2) is 0 Å². The van der Waals surface area contributed by atoms with Crippen LogP contribution in [0.25, 0.3) is 10.9 Å². The van der Waals surface area contributed by atoms with Crippen molar-refractivity contribution in [2.24, 2.45) is 0 Å². The van der Waals surface area contributed by atoms with Crippen LogP contribution in [0.2, 0.25) is 5.02 Å². The minimum Gasteiger partial charge on any atom is -0.344 e. The van der Waals surface area contributed by atoms with Crippen LogP contribution in [0.4, 0.5) is 0 Å². The molecule has 5 heteroatoms. The Bertz CT molecular complexity index is 681. The van der Waals surface area contributed by atoms with Gasteiger partial charge in [0.05, 0.1) is 5.52 Å². The number of nitrogens with zero attached hydrogens (tertiary/aromatic N) is 2. The van der Waals surface area contributed by atoms with Gasteiger partial charge in [0.1, 0.15) is 0 Å². The summed E-state index contributed by atoms with van der Waals surface area (Å²) >= 11 is 8.42. The van der Waals surface area contributed by atoms with E-state index in [0.717, 1.165) is 23.9 Å². The van der Waals surface area contributed by atoms with E-state index in [1.165, 1.54) is 47.2 Å². The van der Waals surface area contributed by atoms with Crippen molar-refractivity contribution in [2.45, 2.75) is 31.7 Å². The highest BCUT2D eigenvalue weighted by molar-refractivity contribution is 7.98. The van der Waals surface area contributed by atoms with Crippen molar-refractivity contribution in [3.05, 3.63) is 34.0 Å². The molecule has 2 aliphatic heterocycles. The number of aromatic nitrogens is 1. The molecule has 2 aromatic rings. The fourth-order valence-electron chi connectivity index (χ4n) is 3.63. The van der Waals surface area contributed by atoms with E-state index >= 15 is 0 Å². The standard InChI is InChI=1S/C16H19ClN2S.ClH/c1-18-5-3-15-14(9-18)13-8-12(17)7-11-10-20-6-2-4-19(15)16(11)13;/h7-8H,2-6,9-10H2,1H3;1H. The number of rotatable bonds is 0. The molecule has 0 amide bonds. The first-order valence-corrected chi connectivity index (χ1v) is 8.86. The maximum Gasteiger partial charge on any atom is 0.0527 e. The predicted octanol–water partition coefficient (Wildman–Crippen LogP) is 4.34. The van der Waals surface area contributed by atoms with Gasteiger partial charge >= 0.3 is 0 Å². The summed E-state index contributed by atoms with van der Waals surface area (Å²) in [7, 11) is 2.21. The molecule has 0 bridgehead atoms. The molecule has 0 fully saturated rings. The van der Waals surface area contributed by atoms with Crippen molar-refractivity contribution in [1.82, 2.24) is 9.47 Å². The molecule has 3 heterocycles. The Labute approximate surface area is 141 Å². The van der Waals surface area contributed by atoms with Crippen LogP contribution in [0.1, 0.15) is 23.2 Å². The van der Waals surface area contributed by atoms with Gasteiger partial charge in [-0.2, -0.15) is 11.8 Å². The quantitative estimate of drug-likeness (QED) is 0.703. The summed E-state index contributed by atoms with van der Waals surface area (Å²) in [6.45, 7) is 3.39. The molecule has 0 saturated heterocycles. The van der Waals surface area contributed by atoms with Crippen molar-refractivity contribution in [3.63, 3.8) is 0 Å². The molecule has 0 unspecified atom stereocenters. The zero-order chi connectivity index (χ0) is 13.7. The number of hydrogen-bond acceptors (Lipinski definition) is 2. The monoisotopic (exact) mass is 342 g/mol. The smallest absolute Gasteiger partial charge is 0.0527 e. The second-order valence-electron chi connectivity index (χ2n) is 5.93. The van der Waals surface area contributed by atoms with Gasteiger partial charge in [-0.05, 0) is 42.5 Å². The summed E-state index contributed by atoms with van der Waals surface area (Å²) in [5.41, 5.74) is 5.97. The lowest BCUT2D eigenvalue weighted by atomic mass is 10.0. The van der Waals surface area contributed by atoms with Crippen molar-refractivity contribution >= 4 is 46.7 Å². The Morgan fingerprint density at radius 1 is 1.24 bits per heavy atom. The van der Waals surface area contributed by atoms with E-state index in [0.29, 0.717) is 0 Å². The van der Waals surface area contributed by atoms with Gasteiger partial charge in [0, 0.05) is 47.9 Å². The molecule has 0 radical (unpaired) electrons. The zero-order valence-electron chi connectivity index (χ0n) is 12.2. The number of aryl methyl sites for hydroxylation is 1. The number of fused-ring (bicyclic) bond motifs is 3. The third-order valence-corrected chi connectivity index (χ3v) is 5.82. The van der Waals surface area contributed by atoms with Gasteiger partial charge in [-0.3, -0.25) is 0 Å². The highest BCUT2D eigenvalue weighted by Gasteiger charge is 2.24. The van der Waals surface area contributed by atoms with E-state index < -0.39 is 0 Å². The average Bonchev–Trinajstić information content (AvgIpc) is 2.69. The molecule has 21 heavy (non-hydrogen) atoms. The van der Waals surface area contributed by atoms with Crippen molar-refractivity contribution in [3.8, 4) is 0 Å². The first kappa shape index (κ1) is 15.5. The van der Waals surface area contributed by atoms with Crippen LogP contribution in [0.15, 0.2) is 12.1 Å². The first-order chi connectivity index (χ1) is 9.74. The average molecular weight is 343 g/mol. The highest BCUT2D eigenvalue weighted by Crippen LogP contribution is 2.37. The van der Waals surface area contributed by atoms with E-state index in [1.807, 2.05) is 11.8 Å². The maximum atomic E-state index is 6.38. The van der Waals surface area contributed by atoms with E-state index in [9.17, 15) is 0 Å². The molecule has 2 nitrogen and oxygen atoms in total. The molecule has 0 atom stereocenters. The summed E-state index contributed by atoms with van der Waals surface area (Å²) in [6.07, 6.45) is 2.45. The Hall–Kier alpha value is -0.350. The van der Waals surface area contributed by atoms with Crippen molar-refractivity contribution < 1.29 is 0 Å². The van der Waals surface area contributed by atoms with Gasteiger partial charge in [0.25, 0.3) is 0 Å². The van der Waals surface area contributed by atoms with Crippen LogP contribution in [0.5, 0.6) is 0 Å². The lowest BCUT2D eigenvalue weighted by Crippen LogP contribution is -2.27. The van der Waals surface area contributed by atoms with Gasteiger partial charge in [-0.15, -0.1) is 12.4 Å². The number of benzene rings is 1. The Morgan fingerprint density at radius 3 is 2.95 bits per heavy atom. The summed E-state index contributed by atoms with van der Waals surface area (Å²) in [5.74, 6) is 2.34. The van der Waals surface area contributed by atoms with Crippen LogP contribution in [0, 0.1) is 0 Å². The SMILES string of the molecule is CN1CCc2c(c3cc(Cl)cc4c3n2CCCSC4)C1.Cl. The number of halogens is 2. The van der Waals surface area contributed by atoms with Crippen LogP contribution < -0.4 is 0 Å². The third-order valence-electron chi connectivity index (χ3n) is 4.51. The molecule has 0 N–H and O–H groups in total. The Morgan fingerprint density at radius 2 is 2.10 bits per heavy atom. The van der Waals surface area contributed by atoms with Gasteiger partial charge in [-0.1, -0.05) is 11.6 Å². The largest absolute Gasteiger partial charge is 0.344 e. The summed E-state index contributed by atoms with van der Waals surface area (Å²) in [5, 5.41) is 2.29. The molecular formula is C16H20Cl2N2S. The molecule has 0 saturated carbocycles. The molecule has 0 spiro atoms. The minimum absolute atomic E-state index is 0. The number of thioether (sulfide) groups is 1.